The minimum Gasteiger partial charge on any atom is -0.353 e. The maximum absolute atomic E-state index is 5.83. The molecule has 0 radical (unpaired) electrons. The zero-order chi connectivity index (χ0) is 8.39. The molecule has 0 bridgehead atoms. The Balaban J connectivity index is 1.84. The first-order valence-electron chi connectivity index (χ1n) is 5.17. The minimum absolute atomic E-state index is 0.106. The molecule has 0 aromatic carbocycles. The Kier molecular flexibility index (Phi) is 2.66. The first-order valence-corrected chi connectivity index (χ1v) is 5.17. The fraction of sp³-hybridized carbons (Fsp3) is 1.00. The molecule has 0 aromatic rings. The Morgan fingerprint density at radius 3 is 3.00 bits per heavy atom. The number of fused-ring (bicyclic) bond motifs is 1. The van der Waals surface area contributed by atoms with E-state index in [0.29, 0.717) is 6.10 Å². The van der Waals surface area contributed by atoms with Crippen LogP contribution < -0.4 is 0 Å². The van der Waals surface area contributed by atoms with E-state index >= 15 is 0 Å². The molecule has 12 heavy (non-hydrogen) atoms. The zero-order valence-electron chi connectivity index (χ0n) is 7.79. The van der Waals surface area contributed by atoms with Crippen molar-refractivity contribution in [3.63, 3.8) is 0 Å². The molecule has 2 nitrogen and oxygen atoms in total. The third-order valence-electron chi connectivity index (χ3n) is 3.04. The molecule has 1 saturated carbocycles. The topological polar surface area (TPSA) is 18.5 Å². The quantitative estimate of drug-likeness (QED) is 0.633. The molecule has 3 atom stereocenters. The maximum Gasteiger partial charge on any atom is 0.157 e. The standard InChI is InChI=1S/C10H18O2/c1-2-11-10-7-6-8-4-3-5-9(8)12-10/h8-10H,2-7H2,1H3/t8-,9+,10-/m1/s1. The lowest BCUT2D eigenvalue weighted by atomic mass is 9.97. The Labute approximate surface area is 74.2 Å². The molecule has 2 rings (SSSR count). The average Bonchev–Trinajstić information content (AvgIpc) is 2.51. The van der Waals surface area contributed by atoms with Gasteiger partial charge in [0.15, 0.2) is 6.29 Å². The van der Waals surface area contributed by atoms with Crippen molar-refractivity contribution in [2.24, 2.45) is 5.92 Å². The van der Waals surface area contributed by atoms with Gasteiger partial charge in [-0.1, -0.05) is 6.42 Å². The highest BCUT2D eigenvalue weighted by Gasteiger charge is 2.34. The predicted molar refractivity (Wildman–Crippen MR) is 46.9 cm³/mol. The molecule has 0 amide bonds. The van der Waals surface area contributed by atoms with Crippen LogP contribution in [0.15, 0.2) is 0 Å². The van der Waals surface area contributed by atoms with E-state index in [-0.39, 0.29) is 6.29 Å². The first kappa shape index (κ1) is 8.52. The minimum atomic E-state index is 0.106. The molecule has 1 aliphatic heterocycles. The lowest BCUT2D eigenvalue weighted by molar-refractivity contribution is -0.201. The van der Waals surface area contributed by atoms with E-state index in [2.05, 4.69) is 0 Å². The van der Waals surface area contributed by atoms with Crippen molar-refractivity contribution in [1.29, 1.82) is 0 Å². The van der Waals surface area contributed by atoms with Gasteiger partial charge >= 0.3 is 0 Å². The van der Waals surface area contributed by atoms with Gasteiger partial charge in [-0.2, -0.15) is 0 Å². The van der Waals surface area contributed by atoms with Crippen LogP contribution in [0.25, 0.3) is 0 Å². The summed E-state index contributed by atoms with van der Waals surface area (Å²) >= 11 is 0. The molecule has 0 N–H and O–H groups in total. The van der Waals surface area contributed by atoms with Gasteiger partial charge in [-0.3, -0.25) is 0 Å². The smallest absolute Gasteiger partial charge is 0.157 e. The number of ether oxygens (including phenoxy) is 2. The van der Waals surface area contributed by atoms with Crippen LogP contribution in [0.1, 0.15) is 39.0 Å². The van der Waals surface area contributed by atoms with E-state index in [4.69, 9.17) is 9.47 Å². The van der Waals surface area contributed by atoms with Crippen molar-refractivity contribution >= 4 is 0 Å². The second-order valence-corrected chi connectivity index (χ2v) is 3.83. The molecule has 0 spiro atoms. The second kappa shape index (κ2) is 3.75. The van der Waals surface area contributed by atoms with Crippen LogP contribution >= 0.6 is 0 Å². The highest BCUT2D eigenvalue weighted by Crippen LogP contribution is 2.37. The molecular formula is C10H18O2. The van der Waals surface area contributed by atoms with Crippen molar-refractivity contribution in [3.05, 3.63) is 0 Å². The van der Waals surface area contributed by atoms with Crippen molar-refractivity contribution in [2.75, 3.05) is 6.61 Å². The van der Waals surface area contributed by atoms with E-state index in [9.17, 15) is 0 Å². The third-order valence-corrected chi connectivity index (χ3v) is 3.04. The molecule has 0 unspecified atom stereocenters. The molecule has 1 heterocycles. The number of hydrogen-bond donors (Lipinski definition) is 0. The summed E-state index contributed by atoms with van der Waals surface area (Å²) in [6.07, 6.45) is 7.04. The molecule has 1 saturated heterocycles. The van der Waals surface area contributed by atoms with Gasteiger partial charge in [-0.15, -0.1) is 0 Å². The van der Waals surface area contributed by atoms with E-state index in [1.165, 1.54) is 25.7 Å². The summed E-state index contributed by atoms with van der Waals surface area (Å²) in [5.74, 6) is 0.849. The van der Waals surface area contributed by atoms with E-state index in [0.717, 1.165) is 18.9 Å². The van der Waals surface area contributed by atoms with E-state index in [1.807, 2.05) is 6.92 Å². The average molecular weight is 170 g/mol. The van der Waals surface area contributed by atoms with Gasteiger partial charge in [0.25, 0.3) is 0 Å². The van der Waals surface area contributed by atoms with Crippen LogP contribution in [-0.2, 0) is 9.47 Å². The van der Waals surface area contributed by atoms with Crippen LogP contribution in [-0.4, -0.2) is 19.0 Å². The molecule has 1 aliphatic carbocycles. The van der Waals surface area contributed by atoms with Crippen molar-refractivity contribution in [2.45, 2.75) is 51.4 Å². The van der Waals surface area contributed by atoms with Crippen molar-refractivity contribution < 1.29 is 9.47 Å². The van der Waals surface area contributed by atoms with Crippen LogP contribution in [0.2, 0.25) is 0 Å². The maximum atomic E-state index is 5.83. The van der Waals surface area contributed by atoms with Gasteiger partial charge in [-0.05, 0) is 38.5 Å². The lowest BCUT2D eigenvalue weighted by Crippen LogP contribution is -2.33. The number of hydrogen-bond acceptors (Lipinski definition) is 2. The molecule has 70 valence electrons. The van der Waals surface area contributed by atoms with Crippen molar-refractivity contribution in [1.82, 2.24) is 0 Å². The van der Waals surface area contributed by atoms with Crippen LogP contribution in [0.4, 0.5) is 0 Å². The normalized spacial score (nSPS) is 41.2. The summed E-state index contributed by atoms with van der Waals surface area (Å²) in [5, 5.41) is 0. The molecule has 2 aliphatic rings. The summed E-state index contributed by atoms with van der Waals surface area (Å²) in [5.41, 5.74) is 0. The van der Waals surface area contributed by atoms with Crippen LogP contribution in [0.3, 0.4) is 0 Å². The van der Waals surface area contributed by atoms with Gasteiger partial charge in [0.2, 0.25) is 0 Å². The second-order valence-electron chi connectivity index (χ2n) is 3.83. The third kappa shape index (κ3) is 1.64. The Bertz CT molecular complexity index is 147. The molecular weight excluding hydrogens is 152 g/mol. The van der Waals surface area contributed by atoms with E-state index < -0.39 is 0 Å². The van der Waals surface area contributed by atoms with Gasteiger partial charge in [0.05, 0.1) is 6.10 Å². The van der Waals surface area contributed by atoms with Crippen molar-refractivity contribution in [3.8, 4) is 0 Å². The van der Waals surface area contributed by atoms with Crippen LogP contribution in [0.5, 0.6) is 0 Å². The van der Waals surface area contributed by atoms with Gasteiger partial charge in [0, 0.05) is 6.61 Å². The van der Waals surface area contributed by atoms with Crippen LogP contribution in [0, 0.1) is 5.92 Å². The summed E-state index contributed by atoms with van der Waals surface area (Å²) in [6, 6.07) is 0. The zero-order valence-corrected chi connectivity index (χ0v) is 7.79. The summed E-state index contributed by atoms with van der Waals surface area (Å²) in [7, 11) is 0. The molecule has 2 fully saturated rings. The first-order chi connectivity index (χ1) is 5.90. The summed E-state index contributed by atoms with van der Waals surface area (Å²) in [6.45, 7) is 2.81. The molecule has 2 heteroatoms. The monoisotopic (exact) mass is 170 g/mol. The Hall–Kier alpha value is -0.0800. The Morgan fingerprint density at radius 1 is 1.25 bits per heavy atom. The summed E-state index contributed by atoms with van der Waals surface area (Å²) in [4.78, 5) is 0. The highest BCUT2D eigenvalue weighted by molar-refractivity contribution is 4.82. The largest absolute Gasteiger partial charge is 0.353 e. The van der Waals surface area contributed by atoms with Gasteiger partial charge in [-0.25, -0.2) is 0 Å². The molecule has 0 aromatic heterocycles. The van der Waals surface area contributed by atoms with Gasteiger partial charge < -0.3 is 9.47 Å². The Morgan fingerprint density at radius 2 is 2.17 bits per heavy atom. The predicted octanol–water partition coefficient (Wildman–Crippen LogP) is 2.33. The SMILES string of the molecule is CCO[C@H]1CC[C@H]2CCC[C@@H]2O1. The number of rotatable bonds is 2. The highest BCUT2D eigenvalue weighted by atomic mass is 16.7. The van der Waals surface area contributed by atoms with Gasteiger partial charge in [0.1, 0.15) is 0 Å². The fourth-order valence-electron chi connectivity index (χ4n) is 2.43. The lowest BCUT2D eigenvalue weighted by Gasteiger charge is -2.32. The summed E-state index contributed by atoms with van der Waals surface area (Å²) < 4.78 is 11.3. The fourth-order valence-corrected chi connectivity index (χ4v) is 2.43. The van der Waals surface area contributed by atoms with E-state index in [1.54, 1.807) is 0 Å².